The predicted octanol–water partition coefficient (Wildman–Crippen LogP) is 1.74. The first-order chi connectivity index (χ1) is 5.74. The van der Waals surface area contributed by atoms with Crippen LogP contribution in [0.1, 0.15) is 26.2 Å². The van der Waals surface area contributed by atoms with Gasteiger partial charge < -0.3 is 5.73 Å². The lowest BCUT2D eigenvalue weighted by Gasteiger charge is -1.98. The number of halogens is 1. The summed E-state index contributed by atoms with van der Waals surface area (Å²) >= 11 is 4.85. The molecule has 3 nitrogen and oxygen atoms in total. The van der Waals surface area contributed by atoms with E-state index in [2.05, 4.69) is 9.98 Å². The maximum atomic E-state index is 5.38. The van der Waals surface area contributed by atoms with E-state index in [0.29, 0.717) is 5.11 Å². The Morgan fingerprint density at radius 3 is 2.46 bits per heavy atom. The van der Waals surface area contributed by atoms with Gasteiger partial charge >= 0.3 is 0 Å². The minimum atomic E-state index is 0. The summed E-state index contributed by atoms with van der Waals surface area (Å²) in [6.45, 7) is 2.69. The number of unbranched alkanes of at least 4 members (excludes halogenated alkanes) is 1. The molecule has 0 saturated carbocycles. The smallest absolute Gasteiger partial charge is 0.219 e. The average Bonchev–Trinajstić information content (AvgIpc) is 2.31. The van der Waals surface area contributed by atoms with Gasteiger partial charge in [0.2, 0.25) is 5.11 Å². The first-order valence-electron chi connectivity index (χ1n) is 4.11. The van der Waals surface area contributed by atoms with Crippen molar-refractivity contribution >= 4 is 41.2 Å². The average molecular weight is 220 g/mol. The predicted molar refractivity (Wildman–Crippen MR) is 63.3 cm³/mol. The van der Waals surface area contributed by atoms with Crippen molar-refractivity contribution in [1.82, 2.24) is 0 Å². The maximum Gasteiger partial charge on any atom is 0.219 e. The van der Waals surface area contributed by atoms with Crippen LogP contribution in [-0.2, 0) is 0 Å². The van der Waals surface area contributed by atoms with Gasteiger partial charge in [0, 0.05) is 0 Å². The van der Waals surface area contributed by atoms with Crippen LogP contribution < -0.4 is 5.73 Å². The van der Waals surface area contributed by atoms with Gasteiger partial charge in [-0.3, -0.25) is 0 Å². The zero-order valence-electron chi connectivity index (χ0n) is 7.62. The molecule has 0 unspecified atom stereocenters. The molecule has 0 saturated heterocycles. The molecule has 74 valence electrons. The third-order valence-electron chi connectivity index (χ3n) is 1.78. The number of rotatable bonds is 4. The third kappa shape index (κ3) is 3.93. The molecular formula is C8H14ClN3S. The third-order valence-corrected chi connectivity index (χ3v) is 1.96. The van der Waals surface area contributed by atoms with Gasteiger partial charge in [-0.2, -0.15) is 0 Å². The van der Waals surface area contributed by atoms with Crippen molar-refractivity contribution in [3.05, 3.63) is 0 Å². The van der Waals surface area contributed by atoms with E-state index in [9.17, 15) is 0 Å². The Morgan fingerprint density at radius 2 is 2.00 bits per heavy atom. The van der Waals surface area contributed by atoms with Crippen LogP contribution in [0.15, 0.2) is 9.98 Å². The summed E-state index contributed by atoms with van der Waals surface area (Å²) in [5, 5.41) is 0.468. The fraction of sp³-hybridized carbons (Fsp3) is 0.625. The van der Waals surface area contributed by atoms with E-state index in [4.69, 9.17) is 18.0 Å². The molecule has 0 fully saturated rings. The first kappa shape index (κ1) is 12.7. The summed E-state index contributed by atoms with van der Waals surface area (Å²) in [6.07, 6.45) is 3.07. The minimum absolute atomic E-state index is 0. The van der Waals surface area contributed by atoms with Crippen LogP contribution in [0.3, 0.4) is 0 Å². The molecule has 0 amide bonds. The fourth-order valence-electron chi connectivity index (χ4n) is 1.10. The van der Waals surface area contributed by atoms with Crippen molar-refractivity contribution in [3.8, 4) is 0 Å². The number of hydrogen-bond donors (Lipinski definition) is 1. The standard InChI is InChI=1S/C8H13N3S.ClH/c1-6-7(4-2-3-5-9)11-8(12)10-6;/h2-5,9H2,1H3;1H. The van der Waals surface area contributed by atoms with Gasteiger partial charge in [0.05, 0.1) is 11.4 Å². The van der Waals surface area contributed by atoms with Gasteiger partial charge in [-0.1, -0.05) is 0 Å². The van der Waals surface area contributed by atoms with Gasteiger partial charge in [0.15, 0.2) is 0 Å². The van der Waals surface area contributed by atoms with Crippen molar-refractivity contribution in [3.63, 3.8) is 0 Å². The van der Waals surface area contributed by atoms with Crippen molar-refractivity contribution in [2.24, 2.45) is 15.7 Å². The van der Waals surface area contributed by atoms with Crippen LogP contribution in [0.4, 0.5) is 0 Å². The molecular weight excluding hydrogens is 206 g/mol. The van der Waals surface area contributed by atoms with E-state index < -0.39 is 0 Å². The highest BCUT2D eigenvalue weighted by atomic mass is 35.5. The number of thiocarbonyl (C=S) groups is 1. The lowest BCUT2D eigenvalue weighted by Crippen LogP contribution is -2.07. The Morgan fingerprint density at radius 1 is 1.31 bits per heavy atom. The normalized spacial score (nSPS) is 15.1. The summed E-state index contributed by atoms with van der Waals surface area (Å²) in [5.41, 5.74) is 7.38. The lowest BCUT2D eigenvalue weighted by molar-refractivity contribution is 0.776. The summed E-state index contributed by atoms with van der Waals surface area (Å²) in [7, 11) is 0. The topological polar surface area (TPSA) is 50.7 Å². The molecule has 0 aromatic rings. The first-order valence-corrected chi connectivity index (χ1v) is 4.52. The van der Waals surface area contributed by atoms with Gasteiger partial charge in [-0.05, 0) is 44.9 Å². The molecule has 1 heterocycles. The Kier molecular flexibility index (Phi) is 6.03. The SMILES string of the molecule is CC1=NC(=S)N=C1CCCCN.Cl. The zero-order chi connectivity index (χ0) is 8.97. The molecule has 0 spiro atoms. The van der Waals surface area contributed by atoms with Gasteiger partial charge in [-0.15, -0.1) is 12.4 Å². The molecule has 1 rings (SSSR count). The monoisotopic (exact) mass is 219 g/mol. The Hall–Kier alpha value is -0.320. The molecule has 1 aliphatic heterocycles. The number of nitrogens with two attached hydrogens (primary N) is 1. The van der Waals surface area contributed by atoms with Crippen LogP contribution in [0.2, 0.25) is 0 Å². The summed E-state index contributed by atoms with van der Waals surface area (Å²) in [5.74, 6) is 0. The summed E-state index contributed by atoms with van der Waals surface area (Å²) in [4.78, 5) is 8.21. The molecule has 0 bridgehead atoms. The zero-order valence-corrected chi connectivity index (χ0v) is 9.25. The van der Waals surface area contributed by atoms with E-state index in [-0.39, 0.29) is 12.4 Å². The molecule has 0 aliphatic carbocycles. The fourth-order valence-corrected chi connectivity index (χ4v) is 1.35. The van der Waals surface area contributed by atoms with Crippen LogP contribution in [0.25, 0.3) is 0 Å². The van der Waals surface area contributed by atoms with Crippen LogP contribution in [0.5, 0.6) is 0 Å². The number of aliphatic imine (C=N–C) groups is 2. The highest BCUT2D eigenvalue weighted by molar-refractivity contribution is 7.80. The second-order valence-electron chi connectivity index (χ2n) is 2.78. The van der Waals surface area contributed by atoms with Crippen LogP contribution in [0, 0.1) is 0 Å². The Labute approximate surface area is 89.9 Å². The van der Waals surface area contributed by atoms with E-state index >= 15 is 0 Å². The molecule has 2 N–H and O–H groups in total. The van der Waals surface area contributed by atoms with E-state index in [1.54, 1.807) is 0 Å². The van der Waals surface area contributed by atoms with E-state index in [0.717, 1.165) is 37.2 Å². The van der Waals surface area contributed by atoms with Crippen molar-refractivity contribution in [2.45, 2.75) is 26.2 Å². The summed E-state index contributed by atoms with van der Waals surface area (Å²) < 4.78 is 0. The molecule has 13 heavy (non-hydrogen) atoms. The number of nitrogens with zero attached hydrogens (tertiary/aromatic N) is 2. The highest BCUT2D eigenvalue weighted by Crippen LogP contribution is 2.06. The number of hydrogen-bond acceptors (Lipinski definition) is 2. The quantitative estimate of drug-likeness (QED) is 0.579. The summed E-state index contributed by atoms with van der Waals surface area (Å²) in [6, 6.07) is 0. The lowest BCUT2D eigenvalue weighted by atomic mass is 10.1. The van der Waals surface area contributed by atoms with Crippen LogP contribution in [-0.4, -0.2) is 23.1 Å². The van der Waals surface area contributed by atoms with Gasteiger partial charge in [0.25, 0.3) is 0 Å². The molecule has 1 aliphatic rings. The molecule has 0 atom stereocenters. The van der Waals surface area contributed by atoms with Gasteiger partial charge in [0.1, 0.15) is 0 Å². The van der Waals surface area contributed by atoms with E-state index in [1.807, 2.05) is 6.92 Å². The second kappa shape index (κ2) is 6.18. The Balaban J connectivity index is 0.00000144. The minimum Gasteiger partial charge on any atom is -0.330 e. The molecule has 0 radical (unpaired) electrons. The Bertz CT molecular complexity index is 248. The van der Waals surface area contributed by atoms with Crippen LogP contribution >= 0.6 is 24.6 Å². The molecule has 0 aromatic heterocycles. The van der Waals surface area contributed by atoms with Crippen molar-refractivity contribution in [2.75, 3.05) is 6.54 Å². The maximum absolute atomic E-state index is 5.38. The van der Waals surface area contributed by atoms with E-state index in [1.165, 1.54) is 0 Å². The highest BCUT2D eigenvalue weighted by Gasteiger charge is 2.11. The second-order valence-corrected chi connectivity index (χ2v) is 3.15. The largest absolute Gasteiger partial charge is 0.330 e. The molecule has 0 aromatic carbocycles. The van der Waals surface area contributed by atoms with Crippen molar-refractivity contribution in [1.29, 1.82) is 0 Å². The van der Waals surface area contributed by atoms with Crippen molar-refractivity contribution < 1.29 is 0 Å². The molecule has 5 heteroatoms. The van der Waals surface area contributed by atoms with Gasteiger partial charge in [-0.25, -0.2) is 9.98 Å².